The highest BCUT2D eigenvalue weighted by Gasteiger charge is 2.39. The van der Waals surface area contributed by atoms with Crippen LogP contribution >= 0.6 is 11.3 Å². The molecule has 0 saturated carbocycles. The number of hydrogen-bond acceptors (Lipinski definition) is 8. The van der Waals surface area contributed by atoms with Crippen molar-refractivity contribution in [2.75, 3.05) is 17.2 Å². The number of anilines is 2. The van der Waals surface area contributed by atoms with Crippen LogP contribution in [-0.4, -0.2) is 62.1 Å². The average molecular weight is 661 g/mol. The molecule has 12 nitrogen and oxygen atoms in total. The highest BCUT2D eigenvalue weighted by Crippen LogP contribution is 2.31. The van der Waals surface area contributed by atoms with Crippen LogP contribution in [0, 0.1) is 0 Å². The van der Waals surface area contributed by atoms with E-state index in [9.17, 15) is 19.2 Å². The fourth-order valence-corrected chi connectivity index (χ4v) is 6.14. The summed E-state index contributed by atoms with van der Waals surface area (Å²) in [5, 5.41) is 8.30. The summed E-state index contributed by atoms with van der Waals surface area (Å²) in [6, 6.07) is 14.6. The number of carbonyl (C=O) groups excluding carboxylic acids is 4. The van der Waals surface area contributed by atoms with E-state index in [0.717, 1.165) is 10.4 Å². The molecule has 0 spiro atoms. The summed E-state index contributed by atoms with van der Waals surface area (Å²) in [6.07, 6.45) is 3.53. The molecule has 3 N–H and O–H groups in total. The molecule has 248 valence electrons. The number of fused-ring (bicyclic) bond motifs is 1. The Morgan fingerprint density at radius 1 is 0.872 bits per heavy atom. The number of rotatable bonds is 7. The first-order valence-corrected chi connectivity index (χ1v) is 16.2. The third-order valence-electron chi connectivity index (χ3n) is 7.10. The maximum Gasteiger partial charge on any atom is 0.412 e. The van der Waals surface area contributed by atoms with Gasteiger partial charge in [-0.25, -0.2) is 14.6 Å². The molecule has 1 aliphatic rings. The van der Waals surface area contributed by atoms with Gasteiger partial charge in [0.1, 0.15) is 23.3 Å². The van der Waals surface area contributed by atoms with Crippen molar-refractivity contribution in [3.63, 3.8) is 0 Å². The van der Waals surface area contributed by atoms with Crippen LogP contribution in [0.2, 0.25) is 0 Å². The van der Waals surface area contributed by atoms with E-state index in [1.165, 1.54) is 16.2 Å². The summed E-state index contributed by atoms with van der Waals surface area (Å²) < 4.78 is 12.5. The largest absolute Gasteiger partial charge is 0.444 e. The second-order valence-electron chi connectivity index (χ2n) is 13.3. The second kappa shape index (κ2) is 13.4. The second-order valence-corrected chi connectivity index (χ2v) is 14.3. The van der Waals surface area contributed by atoms with Crippen molar-refractivity contribution >= 4 is 51.8 Å². The van der Waals surface area contributed by atoms with Crippen molar-refractivity contribution < 1.29 is 28.7 Å². The molecule has 47 heavy (non-hydrogen) atoms. The SMILES string of the molecule is CC(C)(C)OC(=O)Nc1ccc(-c2cn3cc(NC(=O)C4CCCN4C(=O)C(NC(=O)OC(C)(C)C)c4ccccc4)nc3s2)cc1. The number of aromatic nitrogens is 2. The molecular weight excluding hydrogens is 620 g/mol. The lowest BCUT2D eigenvalue weighted by Crippen LogP contribution is -2.49. The van der Waals surface area contributed by atoms with Gasteiger partial charge >= 0.3 is 12.2 Å². The van der Waals surface area contributed by atoms with Gasteiger partial charge in [-0.1, -0.05) is 53.8 Å². The van der Waals surface area contributed by atoms with Gasteiger partial charge in [-0.05, 0) is 77.6 Å². The van der Waals surface area contributed by atoms with Crippen molar-refractivity contribution in [3.05, 3.63) is 72.6 Å². The lowest BCUT2D eigenvalue weighted by Gasteiger charge is -2.29. The van der Waals surface area contributed by atoms with Gasteiger partial charge in [-0.15, -0.1) is 0 Å². The topological polar surface area (TPSA) is 143 Å². The van der Waals surface area contributed by atoms with Gasteiger partial charge in [0.15, 0.2) is 10.8 Å². The van der Waals surface area contributed by atoms with Crippen LogP contribution in [0.5, 0.6) is 0 Å². The molecule has 0 radical (unpaired) electrons. The van der Waals surface area contributed by atoms with Crippen LogP contribution in [0.1, 0.15) is 66.0 Å². The van der Waals surface area contributed by atoms with Gasteiger partial charge in [-0.2, -0.15) is 0 Å². The summed E-state index contributed by atoms with van der Waals surface area (Å²) >= 11 is 1.45. The zero-order chi connectivity index (χ0) is 33.9. The van der Waals surface area contributed by atoms with Crippen molar-refractivity contribution in [3.8, 4) is 10.4 Å². The molecule has 2 aromatic carbocycles. The first kappa shape index (κ1) is 33.5. The first-order chi connectivity index (χ1) is 22.1. The molecule has 4 amide bonds. The summed E-state index contributed by atoms with van der Waals surface area (Å²) in [5.41, 5.74) is 0.815. The van der Waals surface area contributed by atoms with Crippen LogP contribution in [0.4, 0.5) is 21.1 Å². The quantitative estimate of drug-likeness (QED) is 0.203. The Labute approximate surface area is 277 Å². The third-order valence-corrected chi connectivity index (χ3v) is 8.15. The summed E-state index contributed by atoms with van der Waals surface area (Å²) in [6.45, 7) is 11.0. The minimum atomic E-state index is -1.02. The predicted molar refractivity (Wildman–Crippen MR) is 180 cm³/mol. The monoisotopic (exact) mass is 660 g/mol. The van der Waals surface area contributed by atoms with E-state index < -0.39 is 35.5 Å². The van der Waals surface area contributed by atoms with Crippen LogP contribution in [0.15, 0.2) is 67.0 Å². The van der Waals surface area contributed by atoms with E-state index in [-0.39, 0.29) is 11.8 Å². The molecule has 1 saturated heterocycles. The summed E-state index contributed by atoms with van der Waals surface area (Å²) in [7, 11) is 0. The van der Waals surface area contributed by atoms with Crippen molar-refractivity contribution in [1.29, 1.82) is 0 Å². The Bertz CT molecular complexity index is 1720. The molecule has 0 bridgehead atoms. The number of imidazole rings is 1. The lowest BCUT2D eigenvalue weighted by molar-refractivity contribution is -0.138. The maximum atomic E-state index is 13.8. The van der Waals surface area contributed by atoms with E-state index in [1.54, 1.807) is 84.1 Å². The molecule has 5 rings (SSSR count). The maximum absolute atomic E-state index is 13.8. The van der Waals surface area contributed by atoms with Gasteiger partial charge in [0.05, 0.1) is 11.1 Å². The number of alkyl carbamates (subject to hydrolysis) is 1. The van der Waals surface area contributed by atoms with Crippen LogP contribution < -0.4 is 16.0 Å². The number of hydrogen-bond donors (Lipinski definition) is 3. The van der Waals surface area contributed by atoms with Gasteiger partial charge in [0.2, 0.25) is 5.91 Å². The number of carbonyl (C=O) groups is 4. The Hall–Kier alpha value is -4.91. The van der Waals surface area contributed by atoms with E-state index >= 15 is 0 Å². The molecule has 2 atom stereocenters. The molecule has 0 aliphatic carbocycles. The third kappa shape index (κ3) is 8.67. The Balaban J connectivity index is 1.25. The van der Waals surface area contributed by atoms with E-state index in [1.807, 2.05) is 28.8 Å². The molecule has 1 aliphatic heterocycles. The van der Waals surface area contributed by atoms with E-state index in [4.69, 9.17) is 9.47 Å². The highest BCUT2D eigenvalue weighted by atomic mass is 32.1. The fourth-order valence-electron chi connectivity index (χ4n) is 5.17. The number of ether oxygens (including phenoxy) is 2. The molecule has 3 heterocycles. The Morgan fingerprint density at radius 2 is 1.53 bits per heavy atom. The number of thiazole rings is 1. The smallest absolute Gasteiger partial charge is 0.412 e. The van der Waals surface area contributed by atoms with Crippen LogP contribution in [0.3, 0.4) is 0 Å². The number of amides is 4. The Kier molecular flexibility index (Phi) is 9.57. The number of benzene rings is 2. The zero-order valence-electron chi connectivity index (χ0n) is 27.3. The van der Waals surface area contributed by atoms with E-state index in [0.29, 0.717) is 41.4 Å². The van der Waals surface area contributed by atoms with Crippen molar-refractivity contribution in [2.45, 2.75) is 77.7 Å². The molecule has 2 aromatic heterocycles. The fraction of sp³-hybridized carbons (Fsp3) is 0.382. The molecule has 4 aromatic rings. The number of likely N-dealkylation sites (tertiary alicyclic amines) is 1. The standard InChI is InChI=1S/C34H40N6O6S/c1-33(2,3)45-31(43)35-23-16-14-21(15-17-23)25-19-39-20-26(37-30(39)47-25)36-28(41)24-13-10-18-40(24)29(42)27(22-11-8-7-9-12-22)38-32(44)46-34(4,5)6/h7-9,11-12,14-17,19-20,24,27H,10,13,18H2,1-6H3,(H,35,43)(H,36,41)(H,38,44). The first-order valence-electron chi connectivity index (χ1n) is 15.4. The van der Waals surface area contributed by atoms with Gasteiger partial charge in [-0.3, -0.25) is 19.3 Å². The van der Waals surface area contributed by atoms with Gasteiger partial charge in [0.25, 0.3) is 5.91 Å². The van der Waals surface area contributed by atoms with Gasteiger partial charge in [0, 0.05) is 18.4 Å². The molecular formula is C34H40N6O6S. The normalized spacial score (nSPS) is 15.6. The van der Waals surface area contributed by atoms with Crippen LogP contribution in [0.25, 0.3) is 15.4 Å². The summed E-state index contributed by atoms with van der Waals surface area (Å²) in [4.78, 5) is 59.8. The average Bonchev–Trinajstić information content (AvgIpc) is 3.70. The highest BCUT2D eigenvalue weighted by molar-refractivity contribution is 7.20. The molecule has 1 fully saturated rings. The number of nitrogens with zero attached hydrogens (tertiary/aromatic N) is 3. The van der Waals surface area contributed by atoms with E-state index in [2.05, 4.69) is 20.9 Å². The zero-order valence-corrected chi connectivity index (χ0v) is 28.1. The number of nitrogens with one attached hydrogen (secondary N) is 3. The molecule has 13 heteroatoms. The predicted octanol–water partition coefficient (Wildman–Crippen LogP) is 6.61. The van der Waals surface area contributed by atoms with Crippen LogP contribution in [-0.2, 0) is 19.1 Å². The molecule has 2 unspecified atom stereocenters. The summed E-state index contributed by atoms with van der Waals surface area (Å²) in [5.74, 6) is -0.364. The Morgan fingerprint density at radius 3 is 2.17 bits per heavy atom. The van der Waals surface area contributed by atoms with Crippen molar-refractivity contribution in [2.24, 2.45) is 0 Å². The van der Waals surface area contributed by atoms with Crippen molar-refractivity contribution in [1.82, 2.24) is 19.6 Å². The lowest BCUT2D eigenvalue weighted by atomic mass is 10.0. The van der Waals surface area contributed by atoms with Gasteiger partial charge < -0.3 is 25.0 Å². The minimum Gasteiger partial charge on any atom is -0.444 e. The minimum absolute atomic E-state index is 0.348.